The second-order valence-corrected chi connectivity index (χ2v) is 5.29. The van der Waals surface area contributed by atoms with E-state index in [0.717, 1.165) is 0 Å². The van der Waals surface area contributed by atoms with Gasteiger partial charge in [0.2, 0.25) is 0 Å². The van der Waals surface area contributed by atoms with Gasteiger partial charge in [0.05, 0.1) is 0 Å². The van der Waals surface area contributed by atoms with Crippen molar-refractivity contribution >= 4 is 15.9 Å². The summed E-state index contributed by atoms with van der Waals surface area (Å²) in [6.07, 6.45) is 2.76. The van der Waals surface area contributed by atoms with Crippen LogP contribution in [0.4, 0.5) is 0 Å². The quantitative estimate of drug-likeness (QED) is 0.611. The predicted molar refractivity (Wildman–Crippen MR) is 57.9 cm³/mol. The summed E-state index contributed by atoms with van der Waals surface area (Å²) in [7, 11) is 0.597. The molecule has 12 heavy (non-hydrogen) atoms. The van der Waals surface area contributed by atoms with Crippen LogP contribution < -0.4 is 0 Å². The molecule has 1 heterocycles. The minimum atomic E-state index is 0.597. The molecule has 0 aromatic heterocycles. The van der Waals surface area contributed by atoms with Crippen LogP contribution in [-0.2, 0) is 5.75 Å². The fourth-order valence-electron chi connectivity index (χ4n) is 1.52. The molecule has 1 aliphatic rings. The summed E-state index contributed by atoms with van der Waals surface area (Å²) in [5.74, 6) is 2.70. The highest BCUT2D eigenvalue weighted by Crippen LogP contribution is 2.25. The normalized spacial score (nSPS) is 22.2. The Morgan fingerprint density at radius 3 is 2.67 bits per heavy atom. The van der Waals surface area contributed by atoms with Crippen molar-refractivity contribution in [1.82, 2.24) is 0 Å². The van der Waals surface area contributed by atoms with Gasteiger partial charge in [-0.1, -0.05) is 35.7 Å². The summed E-state index contributed by atoms with van der Waals surface area (Å²) in [6, 6.07) is 10.8. The van der Waals surface area contributed by atoms with Crippen molar-refractivity contribution in [2.45, 2.75) is 18.6 Å². The van der Waals surface area contributed by atoms with Crippen molar-refractivity contribution < 1.29 is 0 Å². The molecule has 0 nitrogen and oxygen atoms in total. The smallest absolute Gasteiger partial charge is 0.0132 e. The van der Waals surface area contributed by atoms with E-state index in [2.05, 4.69) is 35.7 Å². The molecule has 1 unspecified atom stereocenters. The molecule has 2 rings (SSSR count). The van der Waals surface area contributed by atoms with Crippen LogP contribution in [0.5, 0.6) is 0 Å². The molecule has 0 radical (unpaired) electrons. The Bertz CT molecular complexity index is 274. The lowest BCUT2D eigenvalue weighted by atomic mass is 10.2. The first kappa shape index (κ1) is 8.06. The van der Waals surface area contributed by atoms with Gasteiger partial charge in [0.25, 0.3) is 0 Å². The second kappa shape index (κ2) is 3.90. The number of hydrogen-bond donors (Lipinski definition) is 0. The molecule has 1 aromatic carbocycles. The maximum atomic E-state index is 2.51. The van der Waals surface area contributed by atoms with Crippen molar-refractivity contribution in [1.29, 1.82) is 0 Å². The molecule has 64 valence electrons. The second-order valence-electron chi connectivity index (χ2n) is 3.18. The molecule has 0 bridgehead atoms. The number of benzene rings is 1. The van der Waals surface area contributed by atoms with E-state index in [1.165, 1.54) is 29.9 Å². The van der Waals surface area contributed by atoms with Gasteiger partial charge in [0, 0.05) is 5.75 Å². The molecule has 1 heteroatoms. The van der Waals surface area contributed by atoms with Gasteiger partial charge in [-0.15, -0.1) is 0 Å². The molecule has 0 spiro atoms. The zero-order valence-corrected chi connectivity index (χ0v) is 8.02. The summed E-state index contributed by atoms with van der Waals surface area (Å²) in [6.45, 7) is 0. The highest BCUT2D eigenvalue weighted by Gasteiger charge is 2.02. The Labute approximate surface area is 76.5 Å². The number of rotatable bonds is 2. The van der Waals surface area contributed by atoms with E-state index in [4.69, 9.17) is 0 Å². The standard InChI is InChI=1S/C11H14S/c1-2-6-11(7-3-1)10-12-8-4-5-9-12/h1-3,6-8H,4-5,9-10H2. The zero-order chi connectivity index (χ0) is 8.23. The van der Waals surface area contributed by atoms with Gasteiger partial charge < -0.3 is 0 Å². The molecular weight excluding hydrogens is 164 g/mol. The van der Waals surface area contributed by atoms with Gasteiger partial charge >= 0.3 is 0 Å². The van der Waals surface area contributed by atoms with E-state index in [1.54, 1.807) is 0 Å². The summed E-state index contributed by atoms with van der Waals surface area (Å²) < 4.78 is 0. The Morgan fingerprint density at radius 2 is 2.00 bits per heavy atom. The summed E-state index contributed by atoms with van der Waals surface area (Å²) in [5.41, 5.74) is 1.50. The van der Waals surface area contributed by atoms with Crippen LogP contribution in [-0.4, -0.2) is 11.1 Å². The monoisotopic (exact) mass is 178 g/mol. The Hall–Kier alpha value is -0.560. The summed E-state index contributed by atoms with van der Waals surface area (Å²) in [4.78, 5) is 0. The predicted octanol–water partition coefficient (Wildman–Crippen LogP) is 3.05. The van der Waals surface area contributed by atoms with E-state index in [-0.39, 0.29) is 0 Å². The summed E-state index contributed by atoms with van der Waals surface area (Å²) in [5, 5.41) is 2.51. The van der Waals surface area contributed by atoms with Crippen LogP contribution in [0.1, 0.15) is 18.4 Å². The molecular formula is C11H14S. The SMILES string of the molecule is C1=S(Cc2ccccc2)CCC1. The third kappa shape index (κ3) is 1.98. The molecule has 0 fully saturated rings. The van der Waals surface area contributed by atoms with Gasteiger partial charge in [-0.05, 0) is 24.2 Å². The van der Waals surface area contributed by atoms with Crippen LogP contribution in [0.25, 0.3) is 0 Å². The largest absolute Gasteiger partial charge is 0.185 e. The molecule has 0 saturated carbocycles. The zero-order valence-electron chi connectivity index (χ0n) is 7.20. The lowest BCUT2D eigenvalue weighted by molar-refractivity contribution is 1.05. The van der Waals surface area contributed by atoms with E-state index < -0.39 is 0 Å². The minimum absolute atomic E-state index is 0.597. The van der Waals surface area contributed by atoms with Crippen molar-refractivity contribution in [2.24, 2.45) is 0 Å². The average Bonchev–Trinajstić information content (AvgIpc) is 2.59. The lowest BCUT2D eigenvalue weighted by Gasteiger charge is -2.02. The fraction of sp³-hybridized carbons (Fsp3) is 0.364. The highest BCUT2D eigenvalue weighted by atomic mass is 32.2. The lowest BCUT2D eigenvalue weighted by Crippen LogP contribution is -1.82. The third-order valence-electron chi connectivity index (χ3n) is 2.16. The van der Waals surface area contributed by atoms with E-state index in [9.17, 15) is 0 Å². The van der Waals surface area contributed by atoms with Crippen LogP contribution in [0.3, 0.4) is 0 Å². The van der Waals surface area contributed by atoms with E-state index in [0.29, 0.717) is 10.5 Å². The van der Waals surface area contributed by atoms with Crippen molar-refractivity contribution in [3.05, 3.63) is 35.9 Å². The molecule has 0 N–H and O–H groups in total. The Balaban J connectivity index is 2.04. The van der Waals surface area contributed by atoms with E-state index >= 15 is 0 Å². The highest BCUT2D eigenvalue weighted by molar-refractivity contribution is 8.14. The van der Waals surface area contributed by atoms with Crippen LogP contribution in [0, 0.1) is 0 Å². The minimum Gasteiger partial charge on any atom is -0.185 e. The van der Waals surface area contributed by atoms with Gasteiger partial charge in [0.1, 0.15) is 0 Å². The first-order valence-electron chi connectivity index (χ1n) is 4.49. The molecule has 1 atom stereocenters. The van der Waals surface area contributed by atoms with Gasteiger partial charge in [-0.2, -0.15) is 10.5 Å². The molecule has 0 amide bonds. The Morgan fingerprint density at radius 1 is 1.17 bits per heavy atom. The summed E-state index contributed by atoms with van der Waals surface area (Å²) >= 11 is 0. The average molecular weight is 178 g/mol. The van der Waals surface area contributed by atoms with E-state index in [1.807, 2.05) is 0 Å². The topological polar surface area (TPSA) is 0 Å². The third-order valence-corrected chi connectivity index (χ3v) is 4.38. The molecule has 0 saturated heterocycles. The van der Waals surface area contributed by atoms with Crippen LogP contribution in [0.15, 0.2) is 30.3 Å². The van der Waals surface area contributed by atoms with Crippen molar-refractivity contribution in [2.75, 3.05) is 5.75 Å². The maximum absolute atomic E-state index is 2.51. The van der Waals surface area contributed by atoms with Crippen LogP contribution >= 0.6 is 10.5 Å². The first-order valence-corrected chi connectivity index (χ1v) is 6.11. The Kier molecular flexibility index (Phi) is 2.62. The molecule has 0 aliphatic carbocycles. The van der Waals surface area contributed by atoms with Gasteiger partial charge in [-0.25, -0.2) is 0 Å². The fourth-order valence-corrected chi connectivity index (χ4v) is 3.61. The van der Waals surface area contributed by atoms with Gasteiger partial charge in [0.15, 0.2) is 0 Å². The van der Waals surface area contributed by atoms with Crippen LogP contribution in [0.2, 0.25) is 0 Å². The number of hydrogen-bond acceptors (Lipinski definition) is 0. The van der Waals surface area contributed by atoms with Crippen molar-refractivity contribution in [3.63, 3.8) is 0 Å². The van der Waals surface area contributed by atoms with Crippen molar-refractivity contribution in [3.8, 4) is 0 Å². The molecule has 1 aliphatic heterocycles. The maximum Gasteiger partial charge on any atom is 0.0132 e. The first-order chi connectivity index (χ1) is 5.95. The molecule has 1 aromatic rings. The van der Waals surface area contributed by atoms with Gasteiger partial charge in [-0.3, -0.25) is 0 Å².